The number of carbonyl (C=O) groups is 2. The fourth-order valence-corrected chi connectivity index (χ4v) is 1.34. The van der Waals surface area contributed by atoms with Gasteiger partial charge in [0, 0.05) is 5.56 Å². The Morgan fingerprint density at radius 2 is 2.11 bits per heavy atom. The van der Waals surface area contributed by atoms with Crippen LogP contribution in [-0.2, 0) is 9.53 Å². The summed E-state index contributed by atoms with van der Waals surface area (Å²) in [5.41, 5.74) is 0.381. The highest BCUT2D eigenvalue weighted by atomic mass is 16.5. The zero-order valence-corrected chi connectivity index (χ0v) is 10.2. The van der Waals surface area contributed by atoms with Gasteiger partial charge < -0.3 is 14.6 Å². The van der Waals surface area contributed by atoms with E-state index in [1.807, 2.05) is 0 Å². The Labute approximate surface area is 105 Å². The van der Waals surface area contributed by atoms with Crippen molar-refractivity contribution in [1.29, 1.82) is 0 Å². The minimum absolute atomic E-state index is 0.159. The van der Waals surface area contributed by atoms with Crippen LogP contribution in [0.4, 0.5) is 0 Å². The Hall–Kier alpha value is -1.88. The number of rotatable bonds is 7. The van der Waals surface area contributed by atoms with Gasteiger partial charge >= 0.3 is 5.97 Å². The summed E-state index contributed by atoms with van der Waals surface area (Å²) in [5, 5.41) is 8.74. The molecule has 1 rings (SSSR count). The van der Waals surface area contributed by atoms with Crippen LogP contribution in [0, 0.1) is 0 Å². The molecule has 0 radical (unpaired) electrons. The number of carbonyl (C=O) groups excluding carboxylic acids is 2. The van der Waals surface area contributed by atoms with Gasteiger partial charge in [-0.1, -0.05) is 12.1 Å². The molecular formula is C13H16O5. The van der Waals surface area contributed by atoms with E-state index in [0.717, 1.165) is 0 Å². The van der Waals surface area contributed by atoms with Gasteiger partial charge in [-0.15, -0.1) is 0 Å². The molecule has 0 saturated heterocycles. The minimum Gasteiger partial charge on any atom is -0.493 e. The molecule has 98 valence electrons. The maximum absolute atomic E-state index is 11.3. The molecule has 1 aromatic carbocycles. The van der Waals surface area contributed by atoms with Crippen molar-refractivity contribution in [3.8, 4) is 5.75 Å². The highest BCUT2D eigenvalue weighted by Gasteiger charge is 2.06. The van der Waals surface area contributed by atoms with E-state index in [1.54, 1.807) is 25.1 Å². The molecule has 0 aliphatic carbocycles. The van der Waals surface area contributed by atoms with E-state index in [0.29, 0.717) is 17.9 Å². The second-order valence-electron chi connectivity index (χ2n) is 3.51. The summed E-state index contributed by atoms with van der Waals surface area (Å²) < 4.78 is 10.1. The van der Waals surface area contributed by atoms with Gasteiger partial charge in [0.25, 0.3) is 0 Å². The number of ketones is 1. The van der Waals surface area contributed by atoms with Gasteiger partial charge in [-0.3, -0.25) is 9.59 Å². The zero-order chi connectivity index (χ0) is 13.4. The van der Waals surface area contributed by atoms with Crippen molar-refractivity contribution in [3.05, 3.63) is 29.8 Å². The van der Waals surface area contributed by atoms with Crippen molar-refractivity contribution in [3.63, 3.8) is 0 Å². The van der Waals surface area contributed by atoms with E-state index in [1.165, 1.54) is 6.07 Å². The predicted octanol–water partition coefficient (Wildman–Crippen LogP) is 1.19. The Kier molecular flexibility index (Phi) is 5.87. The predicted molar refractivity (Wildman–Crippen MR) is 64.6 cm³/mol. The van der Waals surface area contributed by atoms with E-state index in [4.69, 9.17) is 14.6 Å². The van der Waals surface area contributed by atoms with E-state index >= 15 is 0 Å². The highest BCUT2D eigenvalue weighted by molar-refractivity contribution is 5.97. The van der Waals surface area contributed by atoms with Crippen LogP contribution in [-0.4, -0.2) is 36.7 Å². The van der Waals surface area contributed by atoms with Gasteiger partial charge in [-0.2, -0.15) is 0 Å². The average molecular weight is 252 g/mol. The van der Waals surface area contributed by atoms with Crippen molar-refractivity contribution < 1.29 is 24.2 Å². The molecule has 1 aromatic rings. The summed E-state index contributed by atoms with van der Waals surface area (Å²) in [5.74, 6) is -0.204. The molecule has 0 atom stereocenters. The second-order valence-corrected chi connectivity index (χ2v) is 3.51. The molecule has 0 saturated carbocycles. The van der Waals surface area contributed by atoms with Crippen molar-refractivity contribution in [2.45, 2.75) is 13.3 Å². The largest absolute Gasteiger partial charge is 0.493 e. The summed E-state index contributed by atoms with van der Waals surface area (Å²) in [7, 11) is 0. The van der Waals surface area contributed by atoms with Crippen LogP contribution in [0.1, 0.15) is 23.7 Å². The smallest absolute Gasteiger partial charge is 0.309 e. The quantitative estimate of drug-likeness (QED) is 0.583. The van der Waals surface area contributed by atoms with Crippen LogP contribution >= 0.6 is 0 Å². The Balaban J connectivity index is 2.47. The van der Waals surface area contributed by atoms with Gasteiger partial charge in [0.1, 0.15) is 12.4 Å². The molecular weight excluding hydrogens is 236 g/mol. The van der Waals surface area contributed by atoms with Gasteiger partial charge in [0.05, 0.1) is 19.6 Å². The molecule has 0 amide bonds. The van der Waals surface area contributed by atoms with Crippen molar-refractivity contribution in [2.24, 2.45) is 0 Å². The molecule has 5 nitrogen and oxygen atoms in total. The summed E-state index contributed by atoms with van der Waals surface area (Å²) in [4.78, 5) is 22.3. The van der Waals surface area contributed by atoms with Crippen molar-refractivity contribution in [1.82, 2.24) is 0 Å². The number of aliphatic hydroxyl groups excluding tert-OH is 1. The number of benzene rings is 1. The molecule has 0 aliphatic heterocycles. The lowest BCUT2D eigenvalue weighted by molar-refractivity contribution is -0.143. The molecule has 0 spiro atoms. The third-order valence-corrected chi connectivity index (χ3v) is 2.18. The van der Waals surface area contributed by atoms with Crippen LogP contribution in [0.25, 0.3) is 0 Å². The molecule has 0 aliphatic rings. The highest BCUT2D eigenvalue weighted by Crippen LogP contribution is 2.14. The fourth-order valence-electron chi connectivity index (χ4n) is 1.34. The molecule has 0 heterocycles. The molecule has 0 aromatic heterocycles. The van der Waals surface area contributed by atoms with Crippen LogP contribution in [0.2, 0.25) is 0 Å². The number of hydrogen-bond donors (Lipinski definition) is 1. The van der Waals surface area contributed by atoms with E-state index in [2.05, 4.69) is 0 Å². The average Bonchev–Trinajstić information content (AvgIpc) is 2.38. The maximum atomic E-state index is 11.3. The Bertz CT molecular complexity index is 414. The molecule has 5 heteroatoms. The van der Waals surface area contributed by atoms with E-state index in [9.17, 15) is 9.59 Å². The zero-order valence-electron chi connectivity index (χ0n) is 10.2. The van der Waals surface area contributed by atoms with Gasteiger partial charge in [-0.25, -0.2) is 0 Å². The van der Waals surface area contributed by atoms with Gasteiger partial charge in [-0.05, 0) is 19.1 Å². The van der Waals surface area contributed by atoms with E-state index in [-0.39, 0.29) is 24.8 Å². The standard InChI is InChI=1S/C13H16O5/c1-2-17-13(16)6-7-18-11-5-3-4-10(8-11)12(15)9-14/h3-5,8,14H,2,6-7,9H2,1H3. The first-order valence-corrected chi connectivity index (χ1v) is 5.70. The first kappa shape index (κ1) is 14.2. The number of ether oxygens (including phenoxy) is 2. The van der Waals surface area contributed by atoms with E-state index < -0.39 is 6.61 Å². The summed E-state index contributed by atoms with van der Waals surface area (Å²) in [6.45, 7) is 1.74. The number of hydrogen-bond acceptors (Lipinski definition) is 5. The van der Waals surface area contributed by atoms with Crippen LogP contribution in [0.15, 0.2) is 24.3 Å². The Morgan fingerprint density at radius 3 is 2.78 bits per heavy atom. The number of Topliss-reactive ketones (excluding diaryl/α,β-unsaturated/α-hetero) is 1. The van der Waals surface area contributed by atoms with Crippen molar-refractivity contribution in [2.75, 3.05) is 19.8 Å². The lowest BCUT2D eigenvalue weighted by atomic mass is 10.1. The molecule has 0 unspecified atom stereocenters. The number of aliphatic hydroxyl groups is 1. The summed E-state index contributed by atoms with van der Waals surface area (Å²) in [6, 6.07) is 6.46. The third-order valence-electron chi connectivity index (χ3n) is 2.18. The molecule has 1 N–H and O–H groups in total. The minimum atomic E-state index is -0.535. The SMILES string of the molecule is CCOC(=O)CCOc1cccc(C(=O)CO)c1. The normalized spacial score (nSPS) is 9.89. The molecule has 18 heavy (non-hydrogen) atoms. The maximum Gasteiger partial charge on any atom is 0.309 e. The summed E-state index contributed by atoms with van der Waals surface area (Å²) in [6.07, 6.45) is 0.159. The second kappa shape index (κ2) is 7.45. The lowest BCUT2D eigenvalue weighted by Crippen LogP contribution is -2.10. The first-order valence-electron chi connectivity index (χ1n) is 5.70. The fraction of sp³-hybridized carbons (Fsp3) is 0.385. The summed E-state index contributed by atoms with van der Waals surface area (Å²) >= 11 is 0. The molecule has 0 bridgehead atoms. The van der Waals surface area contributed by atoms with Crippen LogP contribution < -0.4 is 4.74 Å². The van der Waals surface area contributed by atoms with Gasteiger partial charge in [0.15, 0.2) is 5.78 Å². The number of esters is 1. The van der Waals surface area contributed by atoms with Crippen molar-refractivity contribution >= 4 is 11.8 Å². The Morgan fingerprint density at radius 1 is 1.33 bits per heavy atom. The van der Waals surface area contributed by atoms with Crippen LogP contribution in [0.5, 0.6) is 5.75 Å². The molecule has 0 fully saturated rings. The van der Waals surface area contributed by atoms with Gasteiger partial charge in [0.2, 0.25) is 0 Å². The topological polar surface area (TPSA) is 72.8 Å². The third kappa shape index (κ3) is 4.55. The van der Waals surface area contributed by atoms with Crippen LogP contribution in [0.3, 0.4) is 0 Å². The lowest BCUT2D eigenvalue weighted by Gasteiger charge is -2.07. The monoisotopic (exact) mass is 252 g/mol. The first-order chi connectivity index (χ1) is 8.67.